The van der Waals surface area contributed by atoms with Crippen LogP contribution in [0.3, 0.4) is 0 Å². The van der Waals surface area contributed by atoms with Gasteiger partial charge in [0, 0.05) is 6.04 Å². The van der Waals surface area contributed by atoms with Crippen molar-refractivity contribution in [2.24, 2.45) is 5.92 Å². The highest BCUT2D eigenvalue weighted by Crippen LogP contribution is 2.35. The van der Waals surface area contributed by atoms with Crippen LogP contribution in [-0.2, 0) is 10.0 Å². The summed E-state index contributed by atoms with van der Waals surface area (Å²) in [6.45, 7) is 2.03. The van der Waals surface area contributed by atoms with E-state index in [-0.39, 0.29) is 21.2 Å². The van der Waals surface area contributed by atoms with Gasteiger partial charge in [0.2, 0.25) is 10.0 Å². The molecule has 0 aromatic heterocycles. The Balaban J connectivity index is 2.35. The second-order valence-corrected chi connectivity index (χ2v) is 7.68. The highest BCUT2D eigenvalue weighted by Gasteiger charge is 2.32. The predicted molar refractivity (Wildman–Crippen MR) is 76.0 cm³/mol. The summed E-state index contributed by atoms with van der Waals surface area (Å²) < 4.78 is 40.8. The molecule has 0 radical (unpaired) electrons. The van der Waals surface area contributed by atoms with Crippen LogP contribution in [-0.4, -0.2) is 14.5 Å². The molecule has 1 saturated carbocycles. The van der Waals surface area contributed by atoms with Gasteiger partial charge in [-0.25, -0.2) is 17.5 Å². The molecule has 0 unspecified atom stereocenters. The zero-order valence-electron chi connectivity index (χ0n) is 10.1. The lowest BCUT2D eigenvalue weighted by Crippen LogP contribution is -2.43. The number of nitrogens with one attached hydrogen (secondary N) is 1. The van der Waals surface area contributed by atoms with Crippen molar-refractivity contribution in [3.05, 3.63) is 21.4 Å². The van der Waals surface area contributed by atoms with E-state index in [0.29, 0.717) is 5.92 Å². The Morgan fingerprint density at radius 1 is 1.53 bits per heavy atom. The van der Waals surface area contributed by atoms with Crippen LogP contribution in [0.1, 0.15) is 19.8 Å². The quantitative estimate of drug-likeness (QED) is 0.634. The monoisotopic (exact) mass is 370 g/mol. The number of anilines is 1. The molecule has 2 rings (SSSR count). The van der Waals surface area contributed by atoms with Gasteiger partial charge in [0.1, 0.15) is 4.90 Å². The fourth-order valence-electron chi connectivity index (χ4n) is 2.08. The number of rotatable bonds is 3. The first-order chi connectivity index (χ1) is 8.72. The van der Waals surface area contributed by atoms with Crippen LogP contribution in [0.25, 0.3) is 0 Å². The average Bonchev–Trinajstić information content (AvgIpc) is 2.28. The number of sulfonamides is 1. The first-order valence-electron chi connectivity index (χ1n) is 5.67. The second-order valence-electron chi connectivity index (χ2n) is 4.79. The molecule has 8 heteroatoms. The highest BCUT2D eigenvalue weighted by atomic mass is 79.9. The molecular formula is C11H13BrClFN2O2S. The Kier molecular flexibility index (Phi) is 4.11. The molecule has 1 fully saturated rings. The van der Waals surface area contributed by atoms with E-state index >= 15 is 0 Å². The van der Waals surface area contributed by atoms with Gasteiger partial charge in [-0.15, -0.1) is 0 Å². The van der Waals surface area contributed by atoms with Gasteiger partial charge in [0.25, 0.3) is 0 Å². The summed E-state index contributed by atoms with van der Waals surface area (Å²) in [5.74, 6) is -0.507. The van der Waals surface area contributed by atoms with Crippen molar-refractivity contribution >= 4 is 43.2 Å². The van der Waals surface area contributed by atoms with Gasteiger partial charge in [-0.05, 0) is 40.8 Å². The maximum Gasteiger partial charge on any atom is 0.243 e. The Morgan fingerprint density at radius 3 is 2.63 bits per heavy atom. The summed E-state index contributed by atoms with van der Waals surface area (Å²) in [6, 6.07) is 0.907. The molecule has 1 aliphatic carbocycles. The molecule has 0 amide bonds. The molecule has 1 aliphatic rings. The molecule has 19 heavy (non-hydrogen) atoms. The molecule has 0 heterocycles. The minimum atomic E-state index is -3.95. The lowest BCUT2D eigenvalue weighted by molar-refractivity contribution is 0.270. The van der Waals surface area contributed by atoms with E-state index in [1.807, 2.05) is 6.92 Å². The van der Waals surface area contributed by atoms with Crippen molar-refractivity contribution in [3.63, 3.8) is 0 Å². The Bertz CT molecular complexity index is 618. The molecule has 0 aliphatic heterocycles. The predicted octanol–water partition coefficient (Wildman–Crippen LogP) is 2.90. The average molecular weight is 372 g/mol. The van der Waals surface area contributed by atoms with E-state index in [0.717, 1.165) is 18.9 Å². The molecule has 106 valence electrons. The minimum absolute atomic E-state index is 0.0567. The maximum absolute atomic E-state index is 14.0. The Morgan fingerprint density at radius 2 is 2.11 bits per heavy atom. The van der Waals surface area contributed by atoms with Crippen molar-refractivity contribution in [1.29, 1.82) is 0 Å². The maximum atomic E-state index is 14.0. The molecule has 3 N–H and O–H groups in total. The van der Waals surface area contributed by atoms with Gasteiger partial charge in [0.05, 0.1) is 15.2 Å². The molecular weight excluding hydrogens is 359 g/mol. The topological polar surface area (TPSA) is 72.2 Å². The fraction of sp³-hybridized carbons (Fsp3) is 0.455. The molecule has 0 atom stereocenters. The van der Waals surface area contributed by atoms with E-state index in [1.165, 1.54) is 0 Å². The van der Waals surface area contributed by atoms with Crippen LogP contribution >= 0.6 is 27.5 Å². The summed E-state index contributed by atoms with van der Waals surface area (Å²) >= 11 is 8.82. The van der Waals surface area contributed by atoms with Crippen molar-refractivity contribution < 1.29 is 12.8 Å². The zero-order chi connectivity index (χ0) is 14.4. The van der Waals surface area contributed by atoms with Crippen molar-refractivity contribution in [3.8, 4) is 0 Å². The number of benzene rings is 1. The third-order valence-corrected chi connectivity index (χ3v) is 6.04. The fourth-order valence-corrected chi connectivity index (χ4v) is 4.02. The van der Waals surface area contributed by atoms with Crippen LogP contribution in [0.15, 0.2) is 15.4 Å². The summed E-state index contributed by atoms with van der Waals surface area (Å²) in [6.07, 6.45) is 1.50. The van der Waals surface area contributed by atoms with Crippen molar-refractivity contribution in [1.82, 2.24) is 4.72 Å². The van der Waals surface area contributed by atoms with Gasteiger partial charge in [-0.3, -0.25) is 0 Å². The summed E-state index contributed by atoms with van der Waals surface area (Å²) in [7, 11) is -3.95. The molecule has 0 saturated heterocycles. The van der Waals surface area contributed by atoms with Gasteiger partial charge in [0.15, 0.2) is 5.82 Å². The highest BCUT2D eigenvalue weighted by molar-refractivity contribution is 9.10. The lowest BCUT2D eigenvalue weighted by Gasteiger charge is -2.33. The Labute approximate surface area is 124 Å². The van der Waals surface area contributed by atoms with Crippen LogP contribution in [0.5, 0.6) is 0 Å². The SMILES string of the molecule is CC1CC(NS(=O)(=O)c2cc(Cl)c(Br)c(N)c2F)C1. The number of hydrogen-bond acceptors (Lipinski definition) is 3. The molecule has 0 bridgehead atoms. The number of halogens is 3. The number of nitrogen functional groups attached to an aromatic ring is 1. The van der Waals surface area contributed by atoms with Gasteiger partial charge >= 0.3 is 0 Å². The smallest absolute Gasteiger partial charge is 0.243 e. The molecule has 4 nitrogen and oxygen atoms in total. The summed E-state index contributed by atoms with van der Waals surface area (Å²) in [5.41, 5.74) is 5.17. The third kappa shape index (κ3) is 2.89. The van der Waals surface area contributed by atoms with E-state index < -0.39 is 20.7 Å². The number of nitrogens with two attached hydrogens (primary N) is 1. The lowest BCUT2D eigenvalue weighted by atomic mass is 9.83. The first-order valence-corrected chi connectivity index (χ1v) is 8.33. The normalized spacial score (nSPS) is 23.2. The van der Waals surface area contributed by atoms with Crippen molar-refractivity contribution in [2.75, 3.05) is 5.73 Å². The van der Waals surface area contributed by atoms with Crippen LogP contribution in [0, 0.1) is 11.7 Å². The van der Waals surface area contributed by atoms with Gasteiger partial charge < -0.3 is 5.73 Å². The van der Waals surface area contributed by atoms with E-state index in [2.05, 4.69) is 20.7 Å². The molecule has 0 spiro atoms. The van der Waals surface area contributed by atoms with Gasteiger partial charge in [-0.2, -0.15) is 0 Å². The standard InChI is InChI=1S/C11H13BrClFN2O2S/c1-5-2-6(3-5)16-19(17,18)8-4-7(13)9(12)11(15)10(8)14/h4-6,16H,2-3,15H2,1H3. The minimum Gasteiger partial charge on any atom is -0.395 e. The summed E-state index contributed by atoms with van der Waals surface area (Å²) in [5, 5.41) is 0.0567. The first kappa shape index (κ1) is 15.0. The third-order valence-electron chi connectivity index (χ3n) is 3.14. The largest absolute Gasteiger partial charge is 0.395 e. The zero-order valence-corrected chi connectivity index (χ0v) is 13.2. The van der Waals surface area contributed by atoms with Crippen LogP contribution in [0.2, 0.25) is 5.02 Å². The summed E-state index contributed by atoms with van der Waals surface area (Å²) in [4.78, 5) is -0.516. The molecule has 1 aromatic carbocycles. The van der Waals surface area contributed by atoms with E-state index in [4.69, 9.17) is 17.3 Å². The van der Waals surface area contributed by atoms with E-state index in [9.17, 15) is 12.8 Å². The van der Waals surface area contributed by atoms with Crippen LogP contribution < -0.4 is 10.5 Å². The second kappa shape index (κ2) is 5.20. The number of hydrogen-bond donors (Lipinski definition) is 2. The van der Waals surface area contributed by atoms with Crippen LogP contribution in [0.4, 0.5) is 10.1 Å². The van der Waals surface area contributed by atoms with E-state index in [1.54, 1.807) is 0 Å². The van der Waals surface area contributed by atoms with Crippen molar-refractivity contribution in [2.45, 2.75) is 30.7 Å². The molecule has 1 aromatic rings. The Hall–Kier alpha value is -0.370. The van der Waals surface area contributed by atoms with Gasteiger partial charge in [-0.1, -0.05) is 18.5 Å².